The molecule has 0 fully saturated rings. The summed E-state index contributed by atoms with van der Waals surface area (Å²) in [5, 5.41) is 2.76. The summed E-state index contributed by atoms with van der Waals surface area (Å²) < 4.78 is 0. The molecule has 4 heteroatoms. The highest BCUT2D eigenvalue weighted by Crippen LogP contribution is 2.18. The molecule has 0 aliphatic rings. The second-order valence-electron chi connectivity index (χ2n) is 6.39. The highest BCUT2D eigenvalue weighted by atomic mass is 16.2. The molecule has 1 N–H and O–H groups in total. The number of carbonyl (C=O) groups excluding carboxylic acids is 2. The molecule has 0 unspecified atom stereocenters. The van der Waals surface area contributed by atoms with E-state index in [1.807, 2.05) is 68.4 Å². The summed E-state index contributed by atoms with van der Waals surface area (Å²) in [7, 11) is 0. The molecular formula is C24H20N2O2. The van der Waals surface area contributed by atoms with Gasteiger partial charge in [0.05, 0.1) is 5.69 Å². The second kappa shape index (κ2) is 8.70. The minimum absolute atomic E-state index is 0.461. The standard InChI is InChI=1S/C24H20N2O2/c1-18-8-13-21(14-9-18)25-24(28)26(22-15-10-19(2)11-16-22)23(27)17-12-20-6-4-3-5-7-20/h3-11,13-16H,1-2H3,(H,25,28). The molecule has 3 amide bonds. The quantitative estimate of drug-likeness (QED) is 0.653. The van der Waals surface area contributed by atoms with E-state index < -0.39 is 11.9 Å². The molecule has 0 spiro atoms. The Balaban J connectivity index is 1.89. The predicted octanol–water partition coefficient (Wildman–Crippen LogP) is 4.92. The van der Waals surface area contributed by atoms with Gasteiger partial charge in [-0.15, -0.1) is 0 Å². The van der Waals surface area contributed by atoms with Crippen molar-refractivity contribution < 1.29 is 9.59 Å². The number of benzene rings is 3. The number of carbonyl (C=O) groups is 2. The fourth-order valence-corrected chi connectivity index (χ4v) is 2.54. The molecule has 138 valence electrons. The number of nitrogens with zero attached hydrogens (tertiary/aromatic N) is 1. The van der Waals surface area contributed by atoms with Gasteiger partial charge in [0.25, 0.3) is 0 Å². The van der Waals surface area contributed by atoms with Gasteiger partial charge in [-0.05, 0) is 50.2 Å². The Labute approximate surface area is 164 Å². The Morgan fingerprint density at radius 2 is 1.36 bits per heavy atom. The summed E-state index contributed by atoms with van der Waals surface area (Å²) in [6.07, 6.45) is 0. The molecule has 4 nitrogen and oxygen atoms in total. The Morgan fingerprint density at radius 3 is 1.96 bits per heavy atom. The molecular weight excluding hydrogens is 348 g/mol. The predicted molar refractivity (Wildman–Crippen MR) is 112 cm³/mol. The first-order valence-corrected chi connectivity index (χ1v) is 8.88. The maximum absolute atomic E-state index is 12.9. The molecule has 28 heavy (non-hydrogen) atoms. The Bertz CT molecular complexity index is 1030. The second-order valence-corrected chi connectivity index (χ2v) is 6.39. The van der Waals surface area contributed by atoms with Gasteiger partial charge in [0.15, 0.2) is 0 Å². The molecule has 3 aromatic rings. The van der Waals surface area contributed by atoms with Crippen LogP contribution in [0.5, 0.6) is 0 Å². The molecule has 0 saturated carbocycles. The van der Waals surface area contributed by atoms with Crippen molar-refractivity contribution in [3.8, 4) is 11.8 Å². The molecule has 0 bridgehead atoms. The Kier molecular flexibility index (Phi) is 5.88. The highest BCUT2D eigenvalue weighted by molar-refractivity contribution is 6.23. The van der Waals surface area contributed by atoms with Crippen molar-refractivity contribution in [3.63, 3.8) is 0 Å². The average Bonchev–Trinajstić information content (AvgIpc) is 2.70. The van der Waals surface area contributed by atoms with E-state index in [1.54, 1.807) is 24.3 Å². The van der Waals surface area contributed by atoms with Crippen LogP contribution < -0.4 is 10.2 Å². The maximum Gasteiger partial charge on any atom is 0.333 e. The molecule has 0 atom stereocenters. The van der Waals surface area contributed by atoms with E-state index in [9.17, 15) is 9.59 Å². The van der Waals surface area contributed by atoms with Crippen molar-refractivity contribution >= 4 is 23.3 Å². The van der Waals surface area contributed by atoms with E-state index >= 15 is 0 Å². The Hall–Kier alpha value is -3.84. The lowest BCUT2D eigenvalue weighted by molar-refractivity contribution is -0.112. The third-order valence-corrected chi connectivity index (χ3v) is 4.09. The van der Waals surface area contributed by atoms with Crippen molar-refractivity contribution in [2.45, 2.75) is 13.8 Å². The summed E-state index contributed by atoms with van der Waals surface area (Å²) in [5.41, 5.74) is 3.89. The summed E-state index contributed by atoms with van der Waals surface area (Å²) >= 11 is 0. The summed E-state index contributed by atoms with van der Waals surface area (Å²) in [6, 6.07) is 23.1. The van der Waals surface area contributed by atoms with E-state index in [4.69, 9.17) is 0 Å². The molecule has 3 aromatic carbocycles. The fourth-order valence-electron chi connectivity index (χ4n) is 2.54. The molecule has 0 radical (unpaired) electrons. The number of rotatable bonds is 2. The van der Waals surface area contributed by atoms with Crippen LogP contribution in [-0.4, -0.2) is 11.9 Å². The van der Waals surface area contributed by atoms with E-state index in [0.717, 1.165) is 16.0 Å². The zero-order chi connectivity index (χ0) is 19.9. The number of aryl methyl sites for hydroxylation is 2. The van der Waals surface area contributed by atoms with Gasteiger partial charge in [-0.3, -0.25) is 4.79 Å². The van der Waals surface area contributed by atoms with E-state index in [2.05, 4.69) is 17.2 Å². The van der Waals surface area contributed by atoms with E-state index in [1.165, 1.54) is 0 Å². The number of anilines is 2. The maximum atomic E-state index is 12.9. The van der Waals surface area contributed by atoms with Crippen LogP contribution in [0, 0.1) is 25.7 Å². The zero-order valence-corrected chi connectivity index (χ0v) is 15.8. The molecule has 0 saturated heterocycles. The van der Waals surface area contributed by atoms with Crippen molar-refractivity contribution in [2.75, 3.05) is 10.2 Å². The van der Waals surface area contributed by atoms with Crippen molar-refractivity contribution in [1.82, 2.24) is 0 Å². The summed E-state index contributed by atoms with van der Waals surface area (Å²) in [4.78, 5) is 26.7. The SMILES string of the molecule is Cc1ccc(NC(=O)N(C(=O)C#Cc2ccccc2)c2ccc(C)cc2)cc1. The fraction of sp³-hybridized carbons (Fsp3) is 0.0833. The number of hydrogen-bond donors (Lipinski definition) is 1. The number of hydrogen-bond acceptors (Lipinski definition) is 2. The zero-order valence-electron chi connectivity index (χ0n) is 15.8. The summed E-state index contributed by atoms with van der Waals surface area (Å²) in [6.45, 7) is 3.91. The van der Waals surface area contributed by atoms with Gasteiger partial charge in [-0.1, -0.05) is 59.5 Å². The van der Waals surface area contributed by atoms with Crippen molar-refractivity contribution in [2.24, 2.45) is 0 Å². The number of amides is 3. The molecule has 0 aliphatic carbocycles. The lowest BCUT2D eigenvalue weighted by Crippen LogP contribution is -2.39. The van der Waals surface area contributed by atoms with E-state index in [-0.39, 0.29) is 0 Å². The van der Waals surface area contributed by atoms with E-state index in [0.29, 0.717) is 16.9 Å². The lowest BCUT2D eigenvalue weighted by Gasteiger charge is -2.19. The topological polar surface area (TPSA) is 49.4 Å². The van der Waals surface area contributed by atoms with Crippen LogP contribution in [-0.2, 0) is 4.79 Å². The van der Waals surface area contributed by atoms with Gasteiger partial charge >= 0.3 is 11.9 Å². The minimum atomic E-state index is -0.600. The van der Waals surface area contributed by atoms with Crippen LogP contribution in [0.4, 0.5) is 16.2 Å². The first kappa shape index (κ1) is 18.9. The highest BCUT2D eigenvalue weighted by Gasteiger charge is 2.22. The normalized spacial score (nSPS) is 9.79. The molecule has 0 heterocycles. The average molecular weight is 368 g/mol. The molecule has 0 aliphatic heterocycles. The third kappa shape index (κ3) is 4.87. The van der Waals surface area contributed by atoms with Crippen LogP contribution in [0.1, 0.15) is 16.7 Å². The van der Waals surface area contributed by atoms with Crippen molar-refractivity contribution in [1.29, 1.82) is 0 Å². The van der Waals surface area contributed by atoms with Gasteiger partial charge < -0.3 is 5.32 Å². The molecule has 0 aromatic heterocycles. The molecule has 3 rings (SSSR count). The van der Waals surface area contributed by atoms with Crippen LogP contribution in [0.25, 0.3) is 0 Å². The largest absolute Gasteiger partial charge is 0.333 e. The van der Waals surface area contributed by atoms with Crippen molar-refractivity contribution in [3.05, 3.63) is 95.6 Å². The van der Waals surface area contributed by atoms with Gasteiger partial charge in [-0.25, -0.2) is 9.69 Å². The van der Waals surface area contributed by atoms with Crippen LogP contribution in [0.15, 0.2) is 78.9 Å². The van der Waals surface area contributed by atoms with Gasteiger partial charge in [0.2, 0.25) is 0 Å². The number of imide groups is 1. The monoisotopic (exact) mass is 368 g/mol. The Morgan fingerprint density at radius 1 is 0.786 bits per heavy atom. The van der Waals surface area contributed by atoms with Crippen LogP contribution in [0.2, 0.25) is 0 Å². The van der Waals surface area contributed by atoms with Gasteiger partial charge in [-0.2, -0.15) is 0 Å². The first-order valence-electron chi connectivity index (χ1n) is 8.88. The number of urea groups is 1. The van der Waals surface area contributed by atoms with Gasteiger partial charge in [0.1, 0.15) is 0 Å². The lowest BCUT2D eigenvalue weighted by atomic mass is 10.2. The summed E-state index contributed by atoms with van der Waals surface area (Å²) in [5.74, 6) is 4.78. The smallest absolute Gasteiger partial charge is 0.307 e. The first-order chi connectivity index (χ1) is 13.5. The third-order valence-electron chi connectivity index (χ3n) is 4.09. The van der Waals surface area contributed by atoms with Crippen LogP contribution in [0.3, 0.4) is 0 Å². The minimum Gasteiger partial charge on any atom is -0.307 e. The van der Waals surface area contributed by atoms with Gasteiger partial charge in [0, 0.05) is 17.2 Å². The van der Waals surface area contributed by atoms with Crippen LogP contribution >= 0.6 is 0 Å². The number of nitrogens with one attached hydrogen (secondary N) is 1.